The number of amides is 1. The number of fused-ring (bicyclic) bond motifs is 1. The molecule has 0 bridgehead atoms. The van der Waals surface area contributed by atoms with Crippen molar-refractivity contribution >= 4 is 17.6 Å². The minimum atomic E-state index is -0.867. The van der Waals surface area contributed by atoms with Crippen LogP contribution in [0, 0.1) is 6.92 Å². The molecule has 4 heteroatoms. The SMILES string of the molecule is Cc1cccc2c1C(CC(=O)O)CC(=O)N2. The van der Waals surface area contributed by atoms with Crippen molar-refractivity contribution in [3.8, 4) is 0 Å². The highest BCUT2D eigenvalue weighted by molar-refractivity contribution is 5.95. The zero-order chi connectivity index (χ0) is 11.7. The summed E-state index contributed by atoms with van der Waals surface area (Å²) in [5, 5.41) is 11.6. The van der Waals surface area contributed by atoms with E-state index < -0.39 is 5.97 Å². The van der Waals surface area contributed by atoms with Gasteiger partial charge < -0.3 is 10.4 Å². The monoisotopic (exact) mass is 219 g/mol. The maximum absolute atomic E-state index is 11.4. The van der Waals surface area contributed by atoms with E-state index in [2.05, 4.69) is 5.32 Å². The minimum Gasteiger partial charge on any atom is -0.481 e. The van der Waals surface area contributed by atoms with Crippen molar-refractivity contribution in [2.45, 2.75) is 25.7 Å². The van der Waals surface area contributed by atoms with Crippen LogP contribution in [0.5, 0.6) is 0 Å². The smallest absolute Gasteiger partial charge is 0.303 e. The maximum Gasteiger partial charge on any atom is 0.303 e. The van der Waals surface area contributed by atoms with Crippen LogP contribution < -0.4 is 5.32 Å². The first kappa shape index (κ1) is 10.7. The van der Waals surface area contributed by atoms with Gasteiger partial charge in [-0.3, -0.25) is 9.59 Å². The summed E-state index contributed by atoms with van der Waals surface area (Å²) in [5.74, 6) is -1.18. The summed E-state index contributed by atoms with van der Waals surface area (Å²) in [5.41, 5.74) is 2.75. The number of carbonyl (C=O) groups is 2. The zero-order valence-electron chi connectivity index (χ0n) is 8.99. The molecule has 2 N–H and O–H groups in total. The van der Waals surface area contributed by atoms with Gasteiger partial charge in [0, 0.05) is 18.0 Å². The van der Waals surface area contributed by atoms with Crippen LogP contribution in [0.2, 0.25) is 0 Å². The zero-order valence-corrected chi connectivity index (χ0v) is 8.99. The number of anilines is 1. The van der Waals surface area contributed by atoms with E-state index in [-0.39, 0.29) is 24.7 Å². The molecule has 0 saturated carbocycles. The van der Waals surface area contributed by atoms with E-state index in [0.29, 0.717) is 0 Å². The second-order valence-electron chi connectivity index (χ2n) is 4.08. The van der Waals surface area contributed by atoms with Gasteiger partial charge in [-0.05, 0) is 24.1 Å². The topological polar surface area (TPSA) is 66.4 Å². The van der Waals surface area contributed by atoms with Gasteiger partial charge in [0.2, 0.25) is 5.91 Å². The molecule has 1 heterocycles. The molecule has 0 aliphatic carbocycles. The van der Waals surface area contributed by atoms with Gasteiger partial charge in [-0.25, -0.2) is 0 Å². The summed E-state index contributed by atoms with van der Waals surface area (Å²) in [6.45, 7) is 1.94. The van der Waals surface area contributed by atoms with Crippen LogP contribution >= 0.6 is 0 Å². The van der Waals surface area contributed by atoms with Crippen molar-refractivity contribution in [1.29, 1.82) is 0 Å². The van der Waals surface area contributed by atoms with E-state index in [1.165, 1.54) is 0 Å². The number of carbonyl (C=O) groups excluding carboxylic acids is 1. The Morgan fingerprint density at radius 1 is 1.56 bits per heavy atom. The van der Waals surface area contributed by atoms with Crippen molar-refractivity contribution in [2.24, 2.45) is 0 Å². The van der Waals surface area contributed by atoms with Crippen LogP contribution in [-0.2, 0) is 9.59 Å². The number of nitrogens with one attached hydrogen (secondary N) is 1. The molecule has 2 rings (SSSR count). The predicted molar refractivity (Wildman–Crippen MR) is 59.4 cm³/mol. The lowest BCUT2D eigenvalue weighted by molar-refractivity contribution is -0.137. The van der Waals surface area contributed by atoms with Gasteiger partial charge >= 0.3 is 5.97 Å². The number of aliphatic carboxylic acids is 1. The first-order chi connectivity index (χ1) is 7.58. The highest BCUT2D eigenvalue weighted by Crippen LogP contribution is 2.36. The average Bonchev–Trinajstić information content (AvgIpc) is 2.15. The second-order valence-corrected chi connectivity index (χ2v) is 4.08. The molecular weight excluding hydrogens is 206 g/mol. The largest absolute Gasteiger partial charge is 0.481 e. The second kappa shape index (κ2) is 3.96. The Bertz CT molecular complexity index is 454. The Morgan fingerprint density at radius 3 is 3.00 bits per heavy atom. The molecule has 4 nitrogen and oxygen atoms in total. The van der Waals surface area contributed by atoms with Gasteiger partial charge in [-0.15, -0.1) is 0 Å². The Morgan fingerprint density at radius 2 is 2.31 bits per heavy atom. The number of benzene rings is 1. The fourth-order valence-electron chi connectivity index (χ4n) is 2.24. The number of hydrogen-bond donors (Lipinski definition) is 2. The number of rotatable bonds is 2. The van der Waals surface area contributed by atoms with Crippen LogP contribution in [0.4, 0.5) is 5.69 Å². The van der Waals surface area contributed by atoms with Crippen LogP contribution in [0.25, 0.3) is 0 Å². The number of aryl methyl sites for hydroxylation is 1. The number of carboxylic acid groups (broad SMARTS) is 1. The standard InChI is InChI=1S/C12H13NO3/c1-7-3-2-4-9-12(7)8(6-11(15)16)5-10(14)13-9/h2-4,8H,5-6H2,1H3,(H,13,14)(H,15,16). The highest BCUT2D eigenvalue weighted by Gasteiger charge is 2.27. The summed E-state index contributed by atoms with van der Waals surface area (Å²) in [4.78, 5) is 22.2. The van der Waals surface area contributed by atoms with E-state index in [1.54, 1.807) is 0 Å². The first-order valence-electron chi connectivity index (χ1n) is 5.19. The maximum atomic E-state index is 11.4. The molecule has 0 fully saturated rings. The molecule has 1 unspecified atom stereocenters. The van der Waals surface area contributed by atoms with Gasteiger partial charge in [0.25, 0.3) is 0 Å². The Labute approximate surface area is 93.3 Å². The van der Waals surface area contributed by atoms with Crippen molar-refractivity contribution in [2.75, 3.05) is 5.32 Å². The minimum absolute atomic E-state index is 0.00523. The lowest BCUT2D eigenvalue weighted by Crippen LogP contribution is -2.25. The van der Waals surface area contributed by atoms with Crippen molar-refractivity contribution < 1.29 is 14.7 Å². The molecule has 1 aliphatic heterocycles. The molecule has 84 valence electrons. The van der Waals surface area contributed by atoms with E-state index in [1.807, 2.05) is 25.1 Å². The summed E-state index contributed by atoms with van der Waals surface area (Å²) in [6.07, 6.45) is 0.259. The van der Waals surface area contributed by atoms with E-state index in [4.69, 9.17) is 5.11 Å². The van der Waals surface area contributed by atoms with Crippen LogP contribution in [0.15, 0.2) is 18.2 Å². The Balaban J connectivity index is 2.43. The van der Waals surface area contributed by atoms with Crippen LogP contribution in [0.3, 0.4) is 0 Å². The summed E-state index contributed by atoms with van der Waals surface area (Å²) in [7, 11) is 0. The molecule has 0 radical (unpaired) electrons. The molecule has 1 aromatic rings. The van der Waals surface area contributed by atoms with Gasteiger partial charge in [0.15, 0.2) is 0 Å². The molecule has 0 saturated heterocycles. The van der Waals surface area contributed by atoms with Crippen molar-refractivity contribution in [3.05, 3.63) is 29.3 Å². The van der Waals surface area contributed by atoms with E-state index >= 15 is 0 Å². The van der Waals surface area contributed by atoms with Gasteiger partial charge in [0.1, 0.15) is 0 Å². The van der Waals surface area contributed by atoms with E-state index in [0.717, 1.165) is 16.8 Å². The van der Waals surface area contributed by atoms with E-state index in [9.17, 15) is 9.59 Å². The molecule has 0 spiro atoms. The molecule has 16 heavy (non-hydrogen) atoms. The van der Waals surface area contributed by atoms with Crippen molar-refractivity contribution in [1.82, 2.24) is 0 Å². The van der Waals surface area contributed by atoms with Crippen molar-refractivity contribution in [3.63, 3.8) is 0 Å². The molecule has 1 atom stereocenters. The number of carboxylic acids is 1. The molecule has 1 aliphatic rings. The predicted octanol–water partition coefficient (Wildman–Crippen LogP) is 1.90. The van der Waals surface area contributed by atoms with Crippen LogP contribution in [0.1, 0.15) is 29.9 Å². The first-order valence-corrected chi connectivity index (χ1v) is 5.19. The third kappa shape index (κ3) is 1.91. The lowest BCUT2D eigenvalue weighted by atomic mass is 9.85. The Hall–Kier alpha value is -1.84. The molecule has 1 aromatic carbocycles. The highest BCUT2D eigenvalue weighted by atomic mass is 16.4. The normalized spacial score (nSPS) is 18.8. The third-order valence-electron chi connectivity index (χ3n) is 2.86. The van der Waals surface area contributed by atoms with Crippen LogP contribution in [-0.4, -0.2) is 17.0 Å². The fraction of sp³-hybridized carbons (Fsp3) is 0.333. The van der Waals surface area contributed by atoms with Gasteiger partial charge in [-0.1, -0.05) is 12.1 Å². The van der Waals surface area contributed by atoms with Gasteiger partial charge in [0.05, 0.1) is 6.42 Å². The summed E-state index contributed by atoms with van der Waals surface area (Å²) >= 11 is 0. The lowest BCUT2D eigenvalue weighted by Gasteiger charge is -2.26. The molecule has 0 aromatic heterocycles. The summed E-state index contributed by atoms with van der Waals surface area (Å²) in [6, 6.07) is 5.61. The molecular formula is C12H13NO3. The number of hydrogen-bond acceptors (Lipinski definition) is 2. The Kier molecular flexibility index (Phi) is 2.64. The molecule has 1 amide bonds. The summed E-state index contributed by atoms with van der Waals surface area (Å²) < 4.78 is 0. The fourth-order valence-corrected chi connectivity index (χ4v) is 2.24. The average molecular weight is 219 g/mol. The quantitative estimate of drug-likeness (QED) is 0.798. The third-order valence-corrected chi connectivity index (χ3v) is 2.86. The van der Waals surface area contributed by atoms with Gasteiger partial charge in [-0.2, -0.15) is 0 Å².